The highest BCUT2D eigenvalue weighted by atomic mass is 16.5. The van der Waals surface area contributed by atoms with Gasteiger partial charge in [0.25, 0.3) is 0 Å². The van der Waals surface area contributed by atoms with Crippen molar-refractivity contribution in [1.82, 2.24) is 14.9 Å². The average Bonchev–Trinajstić information content (AvgIpc) is 3.05. The lowest BCUT2D eigenvalue weighted by Crippen LogP contribution is -2.20. The van der Waals surface area contributed by atoms with Gasteiger partial charge in [0.05, 0.1) is 13.2 Å². The second kappa shape index (κ2) is 7.73. The van der Waals surface area contributed by atoms with Gasteiger partial charge in [-0.15, -0.1) is 0 Å². The zero-order chi connectivity index (χ0) is 16.9. The van der Waals surface area contributed by atoms with Crippen LogP contribution in [0.3, 0.4) is 0 Å². The molecule has 1 fully saturated rings. The van der Waals surface area contributed by atoms with E-state index in [2.05, 4.69) is 20.9 Å². The van der Waals surface area contributed by atoms with Crippen molar-refractivity contribution in [1.29, 1.82) is 0 Å². The van der Waals surface area contributed by atoms with Gasteiger partial charge in [-0.05, 0) is 50.6 Å². The number of rotatable bonds is 6. The lowest BCUT2D eigenvalue weighted by Gasteiger charge is -2.17. The quantitative estimate of drug-likeness (QED) is 0.884. The lowest BCUT2D eigenvalue weighted by molar-refractivity contribution is 0.266. The molecule has 2 heterocycles. The van der Waals surface area contributed by atoms with Crippen LogP contribution in [0.15, 0.2) is 30.5 Å². The predicted octanol–water partition coefficient (Wildman–Crippen LogP) is 2.67. The first-order valence-corrected chi connectivity index (χ1v) is 8.57. The van der Waals surface area contributed by atoms with Crippen molar-refractivity contribution in [2.24, 2.45) is 0 Å². The molecule has 128 valence electrons. The van der Waals surface area contributed by atoms with Gasteiger partial charge in [-0.2, -0.15) is 0 Å². The number of hydrogen-bond donors (Lipinski definition) is 1. The Morgan fingerprint density at radius 2 is 2.21 bits per heavy atom. The zero-order valence-corrected chi connectivity index (χ0v) is 14.4. The molecule has 0 bridgehead atoms. The van der Waals surface area contributed by atoms with Crippen LogP contribution in [0.5, 0.6) is 5.75 Å². The van der Waals surface area contributed by atoms with Crippen LogP contribution in [0.4, 0.5) is 0 Å². The molecule has 0 saturated carbocycles. The van der Waals surface area contributed by atoms with Gasteiger partial charge in [0.15, 0.2) is 0 Å². The highest BCUT2D eigenvalue weighted by Gasteiger charge is 2.26. The van der Waals surface area contributed by atoms with Crippen LogP contribution in [0, 0.1) is 6.92 Å². The number of nitrogens with zero attached hydrogens (tertiary/aromatic N) is 3. The Morgan fingerprint density at radius 3 is 2.96 bits per heavy atom. The van der Waals surface area contributed by atoms with E-state index in [9.17, 15) is 5.11 Å². The van der Waals surface area contributed by atoms with Crippen LogP contribution in [0.1, 0.15) is 41.9 Å². The fourth-order valence-corrected chi connectivity index (χ4v) is 3.26. The molecule has 1 aliphatic heterocycles. The monoisotopic (exact) mass is 327 g/mol. The molecule has 0 radical (unpaired) electrons. The molecule has 24 heavy (non-hydrogen) atoms. The molecule has 1 N–H and O–H groups in total. The van der Waals surface area contributed by atoms with E-state index in [1.165, 1.54) is 5.56 Å². The van der Waals surface area contributed by atoms with E-state index < -0.39 is 0 Å². The molecule has 5 nitrogen and oxygen atoms in total. The molecular weight excluding hydrogens is 302 g/mol. The van der Waals surface area contributed by atoms with E-state index in [-0.39, 0.29) is 6.61 Å². The van der Waals surface area contributed by atoms with Gasteiger partial charge in [0, 0.05) is 36.5 Å². The summed E-state index contributed by atoms with van der Waals surface area (Å²) in [6.45, 7) is 7.47. The zero-order valence-electron chi connectivity index (χ0n) is 14.4. The third-order valence-corrected chi connectivity index (χ3v) is 4.45. The van der Waals surface area contributed by atoms with Gasteiger partial charge in [-0.1, -0.05) is 6.07 Å². The van der Waals surface area contributed by atoms with Crippen LogP contribution in [0.2, 0.25) is 0 Å². The van der Waals surface area contributed by atoms with Crippen LogP contribution < -0.4 is 4.74 Å². The number of aliphatic hydroxyl groups is 1. The summed E-state index contributed by atoms with van der Waals surface area (Å²) >= 11 is 0. The van der Waals surface area contributed by atoms with Gasteiger partial charge >= 0.3 is 0 Å². The summed E-state index contributed by atoms with van der Waals surface area (Å²) in [5, 5.41) is 9.54. The first kappa shape index (κ1) is 16.9. The largest absolute Gasteiger partial charge is 0.494 e. The first-order valence-electron chi connectivity index (χ1n) is 8.57. The van der Waals surface area contributed by atoms with E-state index >= 15 is 0 Å². The highest BCUT2D eigenvalue weighted by Crippen LogP contribution is 2.27. The third-order valence-electron chi connectivity index (χ3n) is 4.45. The van der Waals surface area contributed by atoms with E-state index in [1.807, 2.05) is 38.2 Å². The molecule has 5 heteroatoms. The maximum atomic E-state index is 9.54. The minimum atomic E-state index is 0.00291. The molecular formula is C19H25N3O2. The highest BCUT2D eigenvalue weighted by molar-refractivity contribution is 5.37. The van der Waals surface area contributed by atoms with Crippen LogP contribution in [0.25, 0.3) is 0 Å². The summed E-state index contributed by atoms with van der Waals surface area (Å²) in [4.78, 5) is 11.4. The van der Waals surface area contributed by atoms with E-state index in [1.54, 1.807) is 0 Å². The van der Waals surface area contributed by atoms with Crippen molar-refractivity contribution < 1.29 is 9.84 Å². The Labute approximate surface area is 143 Å². The molecule has 0 unspecified atom stereocenters. The van der Waals surface area contributed by atoms with Crippen molar-refractivity contribution >= 4 is 0 Å². The summed E-state index contributed by atoms with van der Waals surface area (Å²) < 4.78 is 5.55. The van der Waals surface area contributed by atoms with Gasteiger partial charge in [0.1, 0.15) is 11.6 Å². The van der Waals surface area contributed by atoms with Gasteiger partial charge in [0.2, 0.25) is 0 Å². The molecule has 1 aromatic carbocycles. The first-order chi connectivity index (χ1) is 11.7. The Balaban J connectivity index is 1.65. The molecule has 1 aromatic heterocycles. The van der Waals surface area contributed by atoms with Crippen molar-refractivity contribution in [2.75, 3.05) is 19.7 Å². The summed E-state index contributed by atoms with van der Waals surface area (Å²) in [6, 6.07) is 8.02. The third kappa shape index (κ3) is 3.91. The Hall–Kier alpha value is -1.98. The molecule has 0 amide bonds. The van der Waals surface area contributed by atoms with Crippen molar-refractivity contribution in [3.8, 4) is 5.75 Å². The second-order valence-electron chi connectivity index (χ2n) is 6.31. The minimum absolute atomic E-state index is 0.00291. The van der Waals surface area contributed by atoms with Crippen LogP contribution >= 0.6 is 0 Å². The Morgan fingerprint density at radius 1 is 1.33 bits per heavy atom. The smallest absolute Gasteiger partial charge is 0.132 e. The molecule has 2 aromatic rings. The van der Waals surface area contributed by atoms with Gasteiger partial charge < -0.3 is 9.84 Å². The van der Waals surface area contributed by atoms with E-state index in [0.717, 1.165) is 48.9 Å². The Bertz CT molecular complexity index is 690. The van der Waals surface area contributed by atoms with Crippen molar-refractivity contribution in [2.45, 2.75) is 39.3 Å². The van der Waals surface area contributed by atoms with Crippen LogP contribution in [-0.2, 0) is 13.2 Å². The maximum absolute atomic E-state index is 9.54. The number of aliphatic hydroxyl groups excluding tert-OH is 1. The molecule has 1 aliphatic rings. The summed E-state index contributed by atoms with van der Waals surface area (Å²) in [5.41, 5.74) is 3.08. The number of ether oxygens (including phenoxy) is 1. The number of hydrogen-bond acceptors (Lipinski definition) is 5. The molecule has 1 saturated heterocycles. The van der Waals surface area contributed by atoms with Crippen molar-refractivity contribution in [3.63, 3.8) is 0 Å². The normalized spacial score (nSPS) is 18.0. The van der Waals surface area contributed by atoms with Gasteiger partial charge in [-0.25, -0.2) is 9.97 Å². The number of aryl methyl sites for hydroxylation is 1. The van der Waals surface area contributed by atoms with E-state index in [0.29, 0.717) is 12.5 Å². The molecule has 1 atom stereocenters. The fraction of sp³-hybridized carbons (Fsp3) is 0.474. The fourth-order valence-electron chi connectivity index (χ4n) is 3.26. The number of likely N-dealkylation sites (tertiary alicyclic amines) is 1. The average molecular weight is 327 g/mol. The summed E-state index contributed by atoms with van der Waals surface area (Å²) in [6.07, 6.45) is 2.94. The lowest BCUT2D eigenvalue weighted by atomic mass is 10.1. The van der Waals surface area contributed by atoms with Gasteiger partial charge in [-0.3, -0.25) is 4.90 Å². The summed E-state index contributed by atoms with van der Waals surface area (Å²) in [5.74, 6) is 2.14. The number of benzene rings is 1. The maximum Gasteiger partial charge on any atom is 0.132 e. The SMILES string of the molecule is CCOc1ccc(CN2CC[C@@H](c3nccc(C)n3)C2)cc1CO. The minimum Gasteiger partial charge on any atom is -0.494 e. The summed E-state index contributed by atoms with van der Waals surface area (Å²) in [7, 11) is 0. The number of aromatic nitrogens is 2. The molecule has 0 aliphatic carbocycles. The molecule has 3 rings (SSSR count). The second-order valence-corrected chi connectivity index (χ2v) is 6.31. The van der Waals surface area contributed by atoms with E-state index in [4.69, 9.17) is 4.74 Å². The molecule has 0 spiro atoms. The predicted molar refractivity (Wildman–Crippen MR) is 92.9 cm³/mol. The van der Waals surface area contributed by atoms with Crippen LogP contribution in [-0.4, -0.2) is 39.7 Å². The standard InChI is InChI=1S/C19H25N3O2/c1-3-24-18-5-4-15(10-17(18)13-23)11-22-9-7-16(12-22)19-20-8-6-14(2)21-19/h4-6,8,10,16,23H,3,7,9,11-13H2,1-2H3/t16-/m1/s1. The topological polar surface area (TPSA) is 58.5 Å². The van der Waals surface area contributed by atoms with Crippen molar-refractivity contribution in [3.05, 3.63) is 53.1 Å². The Kier molecular flexibility index (Phi) is 5.43.